The van der Waals surface area contributed by atoms with Gasteiger partial charge in [-0.1, -0.05) is 0 Å². The van der Waals surface area contributed by atoms with Gasteiger partial charge < -0.3 is 28.7 Å². The van der Waals surface area contributed by atoms with E-state index in [1.54, 1.807) is 0 Å². The van der Waals surface area contributed by atoms with Gasteiger partial charge in [0.25, 0.3) is 16.0 Å². The number of imidazole rings is 1. The Morgan fingerprint density at radius 2 is 2.00 bits per heavy atom. The van der Waals surface area contributed by atoms with Crippen LogP contribution in [0.3, 0.4) is 0 Å². The van der Waals surface area contributed by atoms with Crippen LogP contribution in [0.5, 0.6) is 0 Å². The Labute approximate surface area is 175 Å². The Bertz CT molecular complexity index is 1030. The largest absolute Gasteiger partial charge is 1.00 e. The van der Waals surface area contributed by atoms with Crippen LogP contribution in [0.15, 0.2) is 28.8 Å². The predicted molar refractivity (Wildman–Crippen MR) is 83.2 cm³/mol. The van der Waals surface area contributed by atoms with E-state index in [9.17, 15) is 28.0 Å². The van der Waals surface area contributed by atoms with Crippen molar-refractivity contribution in [1.82, 2.24) is 19.5 Å². The number of hydrogen-bond acceptors (Lipinski definition) is 10. The molecule has 142 valence electrons. The Morgan fingerprint density at radius 1 is 1.33 bits per heavy atom. The van der Waals surface area contributed by atoms with Crippen LogP contribution in [0.4, 0.5) is 0 Å². The van der Waals surface area contributed by atoms with E-state index in [1.165, 1.54) is 24.7 Å². The molecule has 3 rings (SSSR count). The van der Waals surface area contributed by atoms with Crippen LogP contribution in [-0.2, 0) is 19.3 Å². The zero-order chi connectivity index (χ0) is 19.2. The molecule has 12 nitrogen and oxygen atoms in total. The minimum Gasteiger partial charge on any atom is -0.716 e. The third kappa shape index (κ3) is 4.25. The quantitative estimate of drug-likeness (QED) is 0.192. The average Bonchev–Trinajstić information content (AvgIpc) is 3.08. The molecule has 3 heterocycles. The Kier molecular flexibility index (Phi) is 6.48. The van der Waals surface area contributed by atoms with Crippen LogP contribution in [0.25, 0.3) is 11.2 Å². The fraction of sp³-hybridized carbons (Fsp3) is 0.462. The average molecular weight is 410 g/mol. The second-order valence-electron chi connectivity index (χ2n) is 5.84. The molecular weight excluding hydrogens is 395 g/mol. The zero-order valence-corrected chi connectivity index (χ0v) is 17.4. The van der Waals surface area contributed by atoms with Gasteiger partial charge in [-0.05, 0) is 19.4 Å². The summed E-state index contributed by atoms with van der Waals surface area (Å²) < 4.78 is 43.9. The van der Waals surface area contributed by atoms with Gasteiger partial charge >= 0.3 is 29.6 Å². The van der Waals surface area contributed by atoms with Crippen molar-refractivity contribution < 1.29 is 61.7 Å². The molecule has 27 heavy (non-hydrogen) atoms. The van der Waals surface area contributed by atoms with Gasteiger partial charge in [-0.3, -0.25) is 9.36 Å². The number of allylic oxidation sites excluding steroid dienone is 1. The number of aromatic amines is 1. The number of hydrogen-bond donors (Lipinski definition) is 3. The zero-order valence-electron chi connectivity index (χ0n) is 14.6. The summed E-state index contributed by atoms with van der Waals surface area (Å²) in [6, 6.07) is 0. The fourth-order valence-corrected chi connectivity index (χ4v) is 3.16. The second-order valence-corrected chi connectivity index (χ2v) is 6.82. The van der Waals surface area contributed by atoms with Crippen LogP contribution < -0.4 is 35.1 Å². The molecule has 1 aliphatic rings. The van der Waals surface area contributed by atoms with E-state index in [0.29, 0.717) is 0 Å². The number of rotatable bonds is 4. The first kappa shape index (κ1) is 22.0. The molecule has 0 radical (unpaired) electrons. The normalized spacial score (nSPS) is 25.2. The van der Waals surface area contributed by atoms with Crippen LogP contribution in [0.2, 0.25) is 0 Å². The molecule has 0 bridgehead atoms. The van der Waals surface area contributed by atoms with E-state index in [4.69, 9.17) is 4.74 Å². The van der Waals surface area contributed by atoms with E-state index >= 15 is 0 Å². The van der Waals surface area contributed by atoms with Crippen molar-refractivity contribution in [3.8, 4) is 0 Å². The first-order valence-electron chi connectivity index (χ1n) is 7.34. The molecule has 1 aliphatic heterocycles. The molecule has 1 fully saturated rings. The monoisotopic (exact) mass is 410 g/mol. The Morgan fingerprint density at radius 3 is 2.59 bits per heavy atom. The first-order valence-corrected chi connectivity index (χ1v) is 8.68. The fourth-order valence-electron chi connectivity index (χ4n) is 2.68. The van der Waals surface area contributed by atoms with Gasteiger partial charge in [-0.15, -0.1) is 0 Å². The molecule has 0 saturated carbocycles. The number of fused-ring (bicyclic) bond motifs is 1. The summed E-state index contributed by atoms with van der Waals surface area (Å²) in [5.74, 6) is -0.427. The number of nitrogens with one attached hydrogen (secondary N) is 1. The van der Waals surface area contributed by atoms with Gasteiger partial charge in [0, 0.05) is 0 Å². The van der Waals surface area contributed by atoms with E-state index in [0.717, 1.165) is 6.33 Å². The third-order valence-corrected chi connectivity index (χ3v) is 4.20. The summed E-state index contributed by atoms with van der Waals surface area (Å²) in [5.41, 5.74) is -0.181. The molecule has 1 saturated heterocycles. The maximum atomic E-state index is 11.7. The summed E-state index contributed by atoms with van der Waals surface area (Å²) in [4.78, 5) is 21.9. The minimum absolute atomic E-state index is 0. The predicted octanol–water partition coefficient (Wildman–Crippen LogP) is -4.49. The number of aliphatic hydroxyl groups excluding tert-OH is 2. The molecule has 3 N–H and O–H groups in total. The maximum Gasteiger partial charge on any atom is 1.00 e. The van der Waals surface area contributed by atoms with Gasteiger partial charge in [-0.2, -0.15) is 0 Å². The molecule has 0 amide bonds. The number of aromatic nitrogens is 4. The van der Waals surface area contributed by atoms with Crippen LogP contribution in [0, 0.1) is 0 Å². The van der Waals surface area contributed by atoms with Gasteiger partial charge in [0.1, 0.15) is 24.1 Å². The van der Waals surface area contributed by atoms with Gasteiger partial charge in [0.05, 0.1) is 12.7 Å². The van der Waals surface area contributed by atoms with Crippen molar-refractivity contribution in [1.29, 1.82) is 0 Å². The number of nitrogens with zero attached hydrogens (tertiary/aromatic N) is 3. The summed E-state index contributed by atoms with van der Waals surface area (Å²) in [6.45, 7) is 2.90. The van der Waals surface area contributed by atoms with Crippen molar-refractivity contribution in [3.05, 3.63) is 34.3 Å². The SMILES string of the molecule is CC(C)=C(OS(=O)(=O)[O-])[C@H]1O[C@@H](n2cnc3c(=O)[nH]cnc32)[C@H](O)[C@@H]1O.[Na+]. The third-order valence-electron chi connectivity index (χ3n) is 3.82. The van der Waals surface area contributed by atoms with Crippen molar-refractivity contribution in [2.24, 2.45) is 0 Å². The standard InChI is InChI=1S/C13H16N4O8S.Na/c1-5(2)9(25-26(21,22)23)10-7(18)8(19)13(24-10)17-4-16-6-11(17)14-3-15-12(6)20;/h3-4,7-8,10,13,18-19H,1-2H3,(H,14,15,20)(H,21,22,23);/q;+1/p-1/t7-,8+,10-,13+;/m0./s1. The number of H-pyrrole nitrogens is 1. The number of ether oxygens (including phenoxy) is 1. The molecule has 4 atom stereocenters. The van der Waals surface area contributed by atoms with E-state index in [2.05, 4.69) is 19.1 Å². The van der Waals surface area contributed by atoms with Gasteiger partial charge in [-0.25, -0.2) is 18.4 Å². The van der Waals surface area contributed by atoms with Crippen molar-refractivity contribution in [2.45, 2.75) is 38.4 Å². The maximum absolute atomic E-state index is 11.7. The topological polar surface area (TPSA) is 180 Å². The van der Waals surface area contributed by atoms with E-state index in [1.807, 2.05) is 0 Å². The molecule has 0 spiro atoms. The molecular formula is C13H15N4NaO8S. The summed E-state index contributed by atoms with van der Waals surface area (Å²) >= 11 is 0. The second kappa shape index (κ2) is 7.97. The number of aliphatic hydroxyl groups is 2. The first-order chi connectivity index (χ1) is 12.1. The summed E-state index contributed by atoms with van der Waals surface area (Å²) in [6.07, 6.45) is -3.50. The Hall–Kier alpha value is -1.32. The van der Waals surface area contributed by atoms with Crippen molar-refractivity contribution in [3.63, 3.8) is 0 Å². The Balaban J connectivity index is 0.00000261. The molecule has 2 aromatic rings. The molecule has 0 unspecified atom stereocenters. The molecule has 14 heteroatoms. The van der Waals surface area contributed by atoms with E-state index < -0.39 is 46.3 Å². The molecule has 2 aromatic heterocycles. The van der Waals surface area contributed by atoms with Crippen LogP contribution in [0.1, 0.15) is 20.1 Å². The minimum atomic E-state index is -5.12. The van der Waals surface area contributed by atoms with Gasteiger partial charge in [0.2, 0.25) is 0 Å². The molecule has 0 aliphatic carbocycles. The van der Waals surface area contributed by atoms with Crippen molar-refractivity contribution >= 4 is 21.6 Å². The van der Waals surface area contributed by atoms with E-state index in [-0.39, 0.29) is 46.3 Å². The van der Waals surface area contributed by atoms with Crippen molar-refractivity contribution in [2.75, 3.05) is 0 Å². The van der Waals surface area contributed by atoms with Gasteiger partial charge in [0.15, 0.2) is 17.4 Å². The van der Waals surface area contributed by atoms with Crippen LogP contribution in [-0.4, -0.2) is 61.0 Å². The smallest absolute Gasteiger partial charge is 0.716 e. The summed E-state index contributed by atoms with van der Waals surface area (Å²) in [5, 5.41) is 20.6. The van der Waals surface area contributed by atoms with Crippen LogP contribution >= 0.6 is 0 Å². The summed E-state index contributed by atoms with van der Waals surface area (Å²) in [7, 11) is -5.12. The molecule has 0 aromatic carbocycles.